The van der Waals surface area contributed by atoms with Gasteiger partial charge in [0.25, 0.3) is 5.69 Å². The van der Waals surface area contributed by atoms with Gasteiger partial charge in [0.1, 0.15) is 0 Å². The Morgan fingerprint density at radius 3 is 2.45 bits per heavy atom. The first-order valence-electron chi connectivity index (χ1n) is 3.48. The fourth-order valence-corrected chi connectivity index (χ4v) is 0.971. The smallest absolute Gasteiger partial charge is 0.239 e. The van der Waals surface area contributed by atoms with E-state index in [9.17, 15) is 0 Å². The highest BCUT2D eigenvalue weighted by atomic mass is 16.5. The van der Waals surface area contributed by atoms with E-state index in [1.165, 1.54) is 0 Å². The normalized spacial score (nSPS) is 9.82. The Kier molecular flexibility index (Phi) is 1.44. The van der Waals surface area contributed by atoms with E-state index in [1.807, 2.05) is 42.6 Å². The maximum Gasteiger partial charge on any atom is 0.258 e. The Morgan fingerprint density at radius 1 is 1.00 bits per heavy atom. The highest BCUT2D eigenvalue weighted by molar-refractivity contribution is 5.20. The van der Waals surface area contributed by atoms with E-state index in [2.05, 4.69) is 0 Å². The van der Waals surface area contributed by atoms with Crippen LogP contribution in [0.15, 0.2) is 53.4 Å². The summed E-state index contributed by atoms with van der Waals surface area (Å²) in [6.07, 6.45) is 3.52. The van der Waals surface area contributed by atoms with Crippen molar-refractivity contribution in [2.45, 2.75) is 0 Å². The Balaban J connectivity index is 2.46. The minimum absolute atomic E-state index is 1.04. The summed E-state index contributed by atoms with van der Waals surface area (Å²) in [5.74, 6) is 0. The van der Waals surface area contributed by atoms with E-state index in [0.717, 1.165) is 5.69 Å². The number of hydrogen-bond acceptors (Lipinski definition) is 1. The van der Waals surface area contributed by atoms with Gasteiger partial charge < -0.3 is 0 Å². The quantitative estimate of drug-likeness (QED) is 0.558. The number of aromatic nitrogens is 1. The molecule has 0 fully saturated rings. The Bertz CT molecular complexity index is 313. The number of rotatable bonds is 1. The molecule has 54 valence electrons. The second-order valence-electron chi connectivity index (χ2n) is 2.24. The zero-order chi connectivity index (χ0) is 7.52. The van der Waals surface area contributed by atoms with Crippen LogP contribution in [-0.4, -0.2) is 0 Å². The molecule has 0 saturated carbocycles. The SMILES string of the molecule is c1ccc(-[n+]2ccco2)cc1. The highest BCUT2D eigenvalue weighted by Gasteiger charge is 2.04. The van der Waals surface area contributed by atoms with Crippen LogP contribution >= 0.6 is 0 Å². The largest absolute Gasteiger partial charge is 0.258 e. The lowest BCUT2D eigenvalue weighted by Gasteiger charge is -1.84. The fourth-order valence-electron chi connectivity index (χ4n) is 0.971. The van der Waals surface area contributed by atoms with Crippen LogP contribution in [0.25, 0.3) is 5.69 Å². The van der Waals surface area contributed by atoms with Crippen molar-refractivity contribution in [2.24, 2.45) is 0 Å². The molecule has 2 rings (SSSR count). The molecule has 0 unspecified atom stereocenters. The van der Waals surface area contributed by atoms with Crippen LogP contribution in [0.1, 0.15) is 0 Å². The van der Waals surface area contributed by atoms with Crippen molar-refractivity contribution in [3.63, 3.8) is 0 Å². The number of para-hydroxylation sites is 1. The van der Waals surface area contributed by atoms with Gasteiger partial charge in [-0.2, -0.15) is 0 Å². The van der Waals surface area contributed by atoms with Crippen molar-refractivity contribution >= 4 is 0 Å². The summed E-state index contributed by atoms with van der Waals surface area (Å²) >= 11 is 0. The van der Waals surface area contributed by atoms with Gasteiger partial charge >= 0.3 is 0 Å². The molecule has 0 bridgehead atoms. The summed E-state index contributed by atoms with van der Waals surface area (Å²) in [5.41, 5.74) is 1.04. The van der Waals surface area contributed by atoms with Crippen LogP contribution in [0.5, 0.6) is 0 Å². The Labute approximate surface area is 64.7 Å². The first-order chi connectivity index (χ1) is 5.47. The summed E-state index contributed by atoms with van der Waals surface area (Å²) < 4.78 is 6.84. The second-order valence-corrected chi connectivity index (χ2v) is 2.24. The molecular weight excluding hydrogens is 138 g/mol. The van der Waals surface area contributed by atoms with E-state index in [4.69, 9.17) is 4.52 Å². The van der Waals surface area contributed by atoms with Crippen LogP contribution in [-0.2, 0) is 0 Å². The molecule has 0 amide bonds. The fraction of sp³-hybridized carbons (Fsp3) is 0. The first-order valence-corrected chi connectivity index (χ1v) is 3.48. The lowest BCUT2D eigenvalue weighted by Crippen LogP contribution is -2.25. The van der Waals surface area contributed by atoms with Gasteiger partial charge in [-0.05, 0) is 0 Å². The minimum Gasteiger partial charge on any atom is -0.239 e. The van der Waals surface area contributed by atoms with Gasteiger partial charge in [0.15, 0.2) is 6.26 Å². The zero-order valence-electron chi connectivity index (χ0n) is 5.97. The maximum absolute atomic E-state index is 5.14. The topological polar surface area (TPSA) is 17.0 Å². The van der Waals surface area contributed by atoms with E-state index >= 15 is 0 Å². The molecule has 1 aromatic carbocycles. The predicted octanol–water partition coefficient (Wildman–Crippen LogP) is 1.56. The zero-order valence-corrected chi connectivity index (χ0v) is 5.97. The molecule has 2 nitrogen and oxygen atoms in total. The molecule has 1 aromatic heterocycles. The third-order valence-corrected chi connectivity index (χ3v) is 1.49. The molecule has 1 heterocycles. The van der Waals surface area contributed by atoms with Gasteiger partial charge in [-0.25, -0.2) is 4.52 Å². The summed E-state index contributed by atoms with van der Waals surface area (Å²) in [6, 6.07) is 11.8. The van der Waals surface area contributed by atoms with Gasteiger partial charge in [-0.3, -0.25) is 0 Å². The average molecular weight is 146 g/mol. The highest BCUT2D eigenvalue weighted by Crippen LogP contribution is 1.96. The summed E-state index contributed by atoms with van der Waals surface area (Å²) in [7, 11) is 0. The van der Waals surface area contributed by atoms with Crippen LogP contribution < -0.4 is 4.74 Å². The number of benzene rings is 1. The van der Waals surface area contributed by atoms with Crippen LogP contribution in [0, 0.1) is 0 Å². The molecule has 0 radical (unpaired) electrons. The number of nitrogens with zero attached hydrogens (tertiary/aromatic N) is 1. The predicted molar refractivity (Wildman–Crippen MR) is 40.2 cm³/mol. The molecule has 0 aliphatic carbocycles. The van der Waals surface area contributed by atoms with E-state index in [1.54, 1.807) is 11.0 Å². The lowest BCUT2D eigenvalue weighted by molar-refractivity contribution is -0.784. The third-order valence-electron chi connectivity index (χ3n) is 1.49. The lowest BCUT2D eigenvalue weighted by atomic mass is 10.3. The molecule has 11 heavy (non-hydrogen) atoms. The molecule has 2 aromatic rings. The molecule has 0 saturated heterocycles. The molecule has 2 heteroatoms. The average Bonchev–Trinajstić information content (AvgIpc) is 2.58. The molecule has 0 N–H and O–H groups in total. The van der Waals surface area contributed by atoms with E-state index < -0.39 is 0 Å². The van der Waals surface area contributed by atoms with Crippen LogP contribution in [0.3, 0.4) is 0 Å². The summed E-state index contributed by atoms with van der Waals surface area (Å²) in [6.45, 7) is 0. The third kappa shape index (κ3) is 1.15. The summed E-state index contributed by atoms with van der Waals surface area (Å²) in [4.78, 5) is 0. The minimum atomic E-state index is 1.04. The van der Waals surface area contributed by atoms with Gasteiger partial charge in [-0.1, -0.05) is 18.2 Å². The van der Waals surface area contributed by atoms with Crippen molar-refractivity contribution in [3.05, 3.63) is 48.9 Å². The standard InChI is InChI=1S/C9H8NO/c1-2-5-9(6-3-1)10-7-4-8-11-10/h1-8H/q+1. The molecule has 0 atom stereocenters. The van der Waals surface area contributed by atoms with Crippen molar-refractivity contribution in [1.29, 1.82) is 0 Å². The van der Waals surface area contributed by atoms with Crippen LogP contribution in [0.4, 0.5) is 0 Å². The van der Waals surface area contributed by atoms with Crippen molar-refractivity contribution in [2.75, 3.05) is 0 Å². The van der Waals surface area contributed by atoms with E-state index in [0.29, 0.717) is 0 Å². The maximum atomic E-state index is 5.14. The first kappa shape index (κ1) is 6.16. The Hall–Kier alpha value is -1.57. The van der Waals surface area contributed by atoms with Crippen molar-refractivity contribution in [3.8, 4) is 5.69 Å². The second kappa shape index (κ2) is 2.58. The molecule has 0 aliphatic rings. The van der Waals surface area contributed by atoms with E-state index in [-0.39, 0.29) is 0 Å². The summed E-state index contributed by atoms with van der Waals surface area (Å²) in [5, 5.41) is 0. The Morgan fingerprint density at radius 2 is 1.82 bits per heavy atom. The van der Waals surface area contributed by atoms with Crippen molar-refractivity contribution in [1.82, 2.24) is 0 Å². The van der Waals surface area contributed by atoms with Crippen molar-refractivity contribution < 1.29 is 9.26 Å². The van der Waals surface area contributed by atoms with Gasteiger partial charge in [-0.15, -0.1) is 0 Å². The van der Waals surface area contributed by atoms with Gasteiger partial charge in [0.05, 0.1) is 0 Å². The molecular formula is C9H8NO+. The van der Waals surface area contributed by atoms with Crippen LogP contribution in [0.2, 0.25) is 0 Å². The molecule has 0 spiro atoms. The van der Waals surface area contributed by atoms with Gasteiger partial charge in [0, 0.05) is 22.9 Å². The van der Waals surface area contributed by atoms with Gasteiger partial charge in [0.2, 0.25) is 6.20 Å². The monoisotopic (exact) mass is 146 g/mol. The molecule has 0 aliphatic heterocycles. The number of hydrogen-bond donors (Lipinski definition) is 0.